The zero-order valence-corrected chi connectivity index (χ0v) is 9.19. The van der Waals surface area contributed by atoms with Gasteiger partial charge in [0.1, 0.15) is 0 Å². The molecular weight excluding hydrogens is 180 g/mol. The molecule has 2 atom stereocenters. The topological polar surface area (TPSA) is 47.3 Å². The first-order valence-electron chi connectivity index (χ1n) is 4.69. The fourth-order valence-electron chi connectivity index (χ4n) is 1.32. The molecule has 80 valence electrons. The third kappa shape index (κ3) is 2.56. The molecule has 0 saturated heterocycles. The Hall–Kier alpha value is -0.870. The smallest absolute Gasteiger partial charge is 0.0933 e. The van der Waals surface area contributed by atoms with Crippen molar-refractivity contribution < 1.29 is 9.84 Å². The van der Waals surface area contributed by atoms with E-state index >= 15 is 0 Å². The van der Waals surface area contributed by atoms with Gasteiger partial charge < -0.3 is 9.84 Å². The summed E-state index contributed by atoms with van der Waals surface area (Å²) in [6.07, 6.45) is 2.16. The summed E-state index contributed by atoms with van der Waals surface area (Å²) in [6, 6.07) is 1.90. The second kappa shape index (κ2) is 4.11. The maximum Gasteiger partial charge on any atom is 0.0933 e. The van der Waals surface area contributed by atoms with E-state index in [4.69, 9.17) is 4.74 Å². The molecule has 0 aromatic carbocycles. The summed E-state index contributed by atoms with van der Waals surface area (Å²) in [5, 5.41) is 14.3. The number of hydrogen-bond donors (Lipinski definition) is 1. The number of rotatable bonds is 4. The molecule has 1 aromatic heterocycles. The lowest BCUT2D eigenvalue weighted by molar-refractivity contribution is -0.0721. The van der Waals surface area contributed by atoms with Crippen LogP contribution in [-0.4, -0.2) is 33.7 Å². The molecule has 1 heterocycles. The summed E-state index contributed by atoms with van der Waals surface area (Å²) in [6.45, 7) is 3.61. The Morgan fingerprint density at radius 1 is 1.71 bits per heavy atom. The third-order valence-corrected chi connectivity index (χ3v) is 2.54. The third-order valence-electron chi connectivity index (χ3n) is 2.54. The minimum atomic E-state index is -0.872. The van der Waals surface area contributed by atoms with Crippen LogP contribution in [0.2, 0.25) is 0 Å². The number of nitrogens with zero attached hydrogens (tertiary/aromatic N) is 2. The Labute approximate surface area is 84.5 Å². The second-order valence-corrected chi connectivity index (χ2v) is 3.89. The average Bonchev–Trinajstić information content (AvgIpc) is 2.48. The van der Waals surface area contributed by atoms with E-state index in [1.165, 1.54) is 0 Å². The molecule has 14 heavy (non-hydrogen) atoms. The van der Waals surface area contributed by atoms with Crippen molar-refractivity contribution in [2.24, 2.45) is 7.05 Å². The van der Waals surface area contributed by atoms with Crippen molar-refractivity contribution in [3.8, 4) is 0 Å². The molecule has 0 aliphatic heterocycles. The molecule has 0 saturated carbocycles. The van der Waals surface area contributed by atoms with Gasteiger partial charge >= 0.3 is 0 Å². The predicted octanol–water partition coefficient (Wildman–Crippen LogP) is 0.748. The minimum absolute atomic E-state index is 0.204. The summed E-state index contributed by atoms with van der Waals surface area (Å²) in [4.78, 5) is 0. The lowest BCUT2D eigenvalue weighted by atomic mass is 9.94. The largest absolute Gasteiger partial charge is 0.387 e. The van der Waals surface area contributed by atoms with Gasteiger partial charge in [-0.05, 0) is 19.9 Å². The van der Waals surface area contributed by atoms with E-state index in [2.05, 4.69) is 5.10 Å². The van der Waals surface area contributed by atoms with Crippen LogP contribution < -0.4 is 0 Å². The first-order chi connectivity index (χ1) is 6.45. The molecule has 0 aliphatic carbocycles. The molecule has 1 aromatic rings. The van der Waals surface area contributed by atoms with Gasteiger partial charge in [-0.25, -0.2) is 0 Å². The van der Waals surface area contributed by atoms with Gasteiger partial charge in [-0.15, -0.1) is 0 Å². The van der Waals surface area contributed by atoms with Gasteiger partial charge in [0.05, 0.1) is 17.4 Å². The van der Waals surface area contributed by atoms with Gasteiger partial charge in [0.25, 0.3) is 0 Å². The molecule has 0 spiro atoms. The summed E-state index contributed by atoms with van der Waals surface area (Å²) in [7, 11) is 3.45. The van der Waals surface area contributed by atoms with Crippen LogP contribution in [0.25, 0.3) is 0 Å². The van der Waals surface area contributed by atoms with Crippen LogP contribution in [0.5, 0.6) is 0 Å². The number of aliphatic hydroxyl groups is 1. The summed E-state index contributed by atoms with van der Waals surface area (Å²) in [5.41, 5.74) is 0.00438. The maximum atomic E-state index is 10.1. The van der Waals surface area contributed by atoms with E-state index < -0.39 is 5.60 Å². The maximum absolute atomic E-state index is 10.1. The number of methoxy groups -OCH3 is 1. The zero-order chi connectivity index (χ0) is 10.8. The standard InChI is InChI=1S/C10H18N2O2/c1-8(14-4)10(2,13)7-9-5-6-12(3)11-9/h5-6,8,13H,7H2,1-4H3. The number of hydrogen-bond acceptors (Lipinski definition) is 3. The van der Waals surface area contributed by atoms with Crippen molar-refractivity contribution in [3.63, 3.8) is 0 Å². The van der Waals surface area contributed by atoms with E-state index in [-0.39, 0.29) is 6.10 Å². The van der Waals surface area contributed by atoms with Crippen molar-refractivity contribution in [2.45, 2.75) is 32.0 Å². The molecule has 4 heteroatoms. The minimum Gasteiger partial charge on any atom is -0.387 e. The van der Waals surface area contributed by atoms with Gasteiger partial charge in [0.2, 0.25) is 0 Å². The zero-order valence-electron chi connectivity index (χ0n) is 9.19. The van der Waals surface area contributed by atoms with Gasteiger partial charge in [-0.3, -0.25) is 4.68 Å². The van der Waals surface area contributed by atoms with E-state index in [0.29, 0.717) is 6.42 Å². The van der Waals surface area contributed by atoms with Crippen molar-refractivity contribution >= 4 is 0 Å². The second-order valence-electron chi connectivity index (χ2n) is 3.89. The molecule has 0 fully saturated rings. The molecule has 2 unspecified atom stereocenters. The number of ether oxygens (including phenoxy) is 1. The van der Waals surface area contributed by atoms with E-state index in [1.54, 1.807) is 18.7 Å². The van der Waals surface area contributed by atoms with Gasteiger partial charge in [-0.2, -0.15) is 5.10 Å². The normalized spacial score (nSPS) is 17.8. The highest BCUT2D eigenvalue weighted by Crippen LogP contribution is 2.17. The molecule has 0 radical (unpaired) electrons. The Bertz CT molecular complexity index is 294. The van der Waals surface area contributed by atoms with Crippen LogP contribution in [0.3, 0.4) is 0 Å². The Balaban J connectivity index is 2.67. The molecular formula is C10H18N2O2. The number of aryl methyl sites for hydroxylation is 1. The molecule has 0 aliphatic rings. The Kier molecular flexibility index (Phi) is 3.29. The highest BCUT2D eigenvalue weighted by atomic mass is 16.5. The molecule has 1 rings (SSSR count). The SMILES string of the molecule is COC(C)C(C)(O)Cc1ccn(C)n1. The highest BCUT2D eigenvalue weighted by molar-refractivity contribution is 5.04. The summed E-state index contributed by atoms with van der Waals surface area (Å²) < 4.78 is 6.83. The van der Waals surface area contributed by atoms with Crippen LogP contribution in [-0.2, 0) is 18.2 Å². The van der Waals surface area contributed by atoms with Crippen LogP contribution >= 0.6 is 0 Å². The van der Waals surface area contributed by atoms with Crippen LogP contribution in [0, 0.1) is 0 Å². The fraction of sp³-hybridized carbons (Fsp3) is 0.700. The summed E-state index contributed by atoms with van der Waals surface area (Å²) in [5.74, 6) is 0. The molecule has 4 nitrogen and oxygen atoms in total. The quantitative estimate of drug-likeness (QED) is 0.776. The first-order valence-corrected chi connectivity index (χ1v) is 4.69. The van der Waals surface area contributed by atoms with Crippen LogP contribution in [0.15, 0.2) is 12.3 Å². The van der Waals surface area contributed by atoms with Gasteiger partial charge in [0, 0.05) is 26.8 Å². The Morgan fingerprint density at radius 2 is 2.36 bits per heavy atom. The van der Waals surface area contributed by atoms with Gasteiger partial charge in [0.15, 0.2) is 0 Å². The lowest BCUT2D eigenvalue weighted by Crippen LogP contribution is -2.40. The summed E-state index contributed by atoms with van der Waals surface area (Å²) >= 11 is 0. The van der Waals surface area contributed by atoms with Crippen molar-refractivity contribution in [3.05, 3.63) is 18.0 Å². The van der Waals surface area contributed by atoms with Gasteiger partial charge in [-0.1, -0.05) is 0 Å². The molecule has 1 N–H and O–H groups in total. The predicted molar refractivity (Wildman–Crippen MR) is 54.0 cm³/mol. The molecule has 0 amide bonds. The van der Waals surface area contributed by atoms with E-state index in [0.717, 1.165) is 5.69 Å². The van der Waals surface area contributed by atoms with E-state index in [1.807, 2.05) is 26.2 Å². The Morgan fingerprint density at radius 3 is 2.79 bits per heavy atom. The van der Waals surface area contributed by atoms with Crippen LogP contribution in [0.4, 0.5) is 0 Å². The van der Waals surface area contributed by atoms with Crippen LogP contribution in [0.1, 0.15) is 19.5 Å². The lowest BCUT2D eigenvalue weighted by Gasteiger charge is -2.28. The van der Waals surface area contributed by atoms with E-state index in [9.17, 15) is 5.11 Å². The van der Waals surface area contributed by atoms with Crippen molar-refractivity contribution in [1.82, 2.24) is 9.78 Å². The average molecular weight is 198 g/mol. The number of aromatic nitrogens is 2. The monoisotopic (exact) mass is 198 g/mol. The fourth-order valence-corrected chi connectivity index (χ4v) is 1.32. The first kappa shape index (κ1) is 11.2. The van der Waals surface area contributed by atoms with Crippen molar-refractivity contribution in [2.75, 3.05) is 7.11 Å². The highest BCUT2D eigenvalue weighted by Gasteiger charge is 2.29. The molecule has 0 bridgehead atoms. The van der Waals surface area contributed by atoms with Crippen molar-refractivity contribution in [1.29, 1.82) is 0 Å².